The smallest absolute Gasteiger partial charge is 0.318 e. The fourth-order valence-electron chi connectivity index (χ4n) is 0.0572. The molecule has 0 fully saturated rings. The molecule has 0 aliphatic carbocycles. The Bertz CT molecular complexity index is 65.8. The number of rotatable bonds is 2. The summed E-state index contributed by atoms with van der Waals surface area (Å²) in [5.74, 6) is -0.954. The van der Waals surface area contributed by atoms with E-state index in [-0.39, 0.29) is 55.6 Å². The van der Waals surface area contributed by atoms with E-state index in [0.717, 1.165) is 0 Å². The first-order valence-corrected chi connectivity index (χ1v) is 1.70. The van der Waals surface area contributed by atoms with Gasteiger partial charge in [0.05, 0.1) is 0 Å². The first kappa shape index (κ1) is 22.5. The summed E-state index contributed by atoms with van der Waals surface area (Å²) in [7, 11) is 0. The van der Waals surface area contributed by atoms with Crippen molar-refractivity contribution in [2.45, 2.75) is 0 Å². The number of hydrogen-bond acceptors (Lipinski definition) is 2. The first-order chi connectivity index (χ1) is 2.77. The molecular formula is C2H6AlClNO3Zr. The second-order valence-corrected chi connectivity index (χ2v) is 0.971. The van der Waals surface area contributed by atoms with Gasteiger partial charge in [-0.2, -0.15) is 0 Å². The van der Waals surface area contributed by atoms with Crippen LogP contribution >= 0.6 is 11.8 Å². The van der Waals surface area contributed by atoms with Crippen molar-refractivity contribution >= 4 is 35.1 Å². The molecule has 0 aliphatic heterocycles. The van der Waals surface area contributed by atoms with E-state index in [9.17, 15) is 4.79 Å². The van der Waals surface area contributed by atoms with Crippen LogP contribution in [0.2, 0.25) is 0 Å². The third-order valence-electron chi connectivity index (χ3n) is 0.218. The summed E-state index contributed by atoms with van der Waals surface area (Å²) in [6.45, 7) is -0.193. The summed E-state index contributed by atoms with van der Waals surface area (Å²) in [6, 6.07) is 0. The van der Waals surface area contributed by atoms with E-state index >= 15 is 0 Å². The zero-order valence-corrected chi connectivity index (χ0v) is 8.89. The Kier molecular flexibility index (Phi) is 40.1. The van der Waals surface area contributed by atoms with Crippen LogP contribution < -0.4 is 4.84 Å². The van der Waals surface area contributed by atoms with Crippen molar-refractivity contribution in [1.29, 1.82) is 0 Å². The second-order valence-electron chi connectivity index (χ2n) is 0.704. The molecule has 0 amide bonds. The maximum absolute atomic E-state index is 9.45. The van der Waals surface area contributed by atoms with Crippen LogP contribution in [0.25, 0.3) is 0 Å². The Morgan fingerprint density at radius 3 is 2.00 bits per heavy atom. The molecule has 0 bridgehead atoms. The number of carboxylic acid groups (broad SMARTS) is 1. The molecule has 0 aliphatic rings. The minimum absolute atomic E-state index is 0. The zero-order chi connectivity index (χ0) is 4.99. The molecule has 7 heteroatoms. The molecule has 0 saturated carbocycles. The van der Waals surface area contributed by atoms with Gasteiger partial charge in [-0.25, -0.2) is 4.84 Å². The van der Waals surface area contributed by atoms with Gasteiger partial charge in [0.1, 0.15) is 6.54 Å². The molecule has 0 heterocycles. The largest absolute Gasteiger partial charge is 0.480 e. The molecule has 0 aromatic carbocycles. The molecule has 4 N–H and O–H groups in total. The third kappa shape index (κ3) is 27.3. The molecule has 4 nitrogen and oxygen atoms in total. The van der Waals surface area contributed by atoms with Crippen molar-refractivity contribution in [3.05, 3.63) is 0 Å². The summed E-state index contributed by atoms with van der Waals surface area (Å²) < 4.78 is 0. The quantitative estimate of drug-likeness (QED) is 0.464. The standard InChI is InChI=1S/C2H4ClNO2.Al.H2O.Zr/c3-4-1-2(5)6;;;/h4H,1H2,(H,5,6);;1H2;. The van der Waals surface area contributed by atoms with Crippen LogP contribution in [-0.2, 0) is 31.0 Å². The van der Waals surface area contributed by atoms with Crippen molar-refractivity contribution in [2.75, 3.05) is 6.54 Å². The van der Waals surface area contributed by atoms with E-state index < -0.39 is 5.97 Å². The van der Waals surface area contributed by atoms with E-state index in [1.807, 2.05) is 4.84 Å². The summed E-state index contributed by atoms with van der Waals surface area (Å²) >= 11 is 4.77. The van der Waals surface area contributed by atoms with Gasteiger partial charge in [0.2, 0.25) is 0 Å². The fraction of sp³-hybridized carbons (Fsp3) is 0.500. The number of nitrogens with one attached hydrogen (secondary N) is 1. The summed E-state index contributed by atoms with van der Waals surface area (Å²) in [5, 5.41) is 7.77. The van der Waals surface area contributed by atoms with Crippen molar-refractivity contribution in [3.63, 3.8) is 0 Å². The van der Waals surface area contributed by atoms with Gasteiger partial charge >= 0.3 is 5.97 Å². The van der Waals surface area contributed by atoms with Crippen LogP contribution in [0.4, 0.5) is 0 Å². The van der Waals surface area contributed by atoms with Crippen LogP contribution in [0.15, 0.2) is 0 Å². The number of carboxylic acids is 1. The maximum Gasteiger partial charge on any atom is 0.318 e. The average molecular weight is 246 g/mol. The number of halogens is 1. The van der Waals surface area contributed by atoms with Crippen LogP contribution in [0.3, 0.4) is 0 Å². The summed E-state index contributed by atoms with van der Waals surface area (Å²) in [5.41, 5.74) is 0. The van der Waals surface area contributed by atoms with Crippen LogP contribution in [0.5, 0.6) is 0 Å². The number of hydrogen-bond donors (Lipinski definition) is 2. The zero-order valence-electron chi connectivity index (χ0n) is 4.52. The molecule has 0 aromatic heterocycles. The predicted molar refractivity (Wildman–Crippen MR) is 30.9 cm³/mol. The summed E-state index contributed by atoms with van der Waals surface area (Å²) in [4.78, 5) is 11.4. The van der Waals surface area contributed by atoms with Gasteiger partial charge in [0, 0.05) is 43.6 Å². The van der Waals surface area contributed by atoms with Gasteiger partial charge in [0.15, 0.2) is 0 Å². The van der Waals surface area contributed by atoms with Gasteiger partial charge in [-0.1, -0.05) is 0 Å². The van der Waals surface area contributed by atoms with E-state index in [4.69, 9.17) is 16.9 Å². The molecule has 3 radical (unpaired) electrons. The molecule has 51 valence electrons. The Hall–Kier alpha value is 1.10. The minimum atomic E-state index is -0.954. The predicted octanol–water partition coefficient (Wildman–Crippen LogP) is -1.39. The number of aliphatic carboxylic acids is 1. The van der Waals surface area contributed by atoms with Gasteiger partial charge in [-0.15, -0.1) is 0 Å². The minimum Gasteiger partial charge on any atom is -0.480 e. The van der Waals surface area contributed by atoms with Crippen molar-refractivity contribution < 1.29 is 41.6 Å². The Morgan fingerprint density at radius 2 is 2.00 bits per heavy atom. The monoisotopic (exact) mass is 244 g/mol. The number of carbonyl (C=O) groups is 1. The normalized spacial score (nSPS) is 5.44. The van der Waals surface area contributed by atoms with Crippen LogP contribution in [0, 0.1) is 0 Å². The molecule has 9 heavy (non-hydrogen) atoms. The van der Waals surface area contributed by atoms with Crippen LogP contribution in [-0.4, -0.2) is 40.5 Å². The van der Waals surface area contributed by atoms with E-state index in [0.29, 0.717) is 0 Å². The van der Waals surface area contributed by atoms with E-state index in [1.54, 1.807) is 0 Å². The van der Waals surface area contributed by atoms with Crippen molar-refractivity contribution in [2.24, 2.45) is 0 Å². The molecule has 0 unspecified atom stereocenters. The van der Waals surface area contributed by atoms with Gasteiger partial charge in [-0.05, 0) is 11.8 Å². The molecular weight excluding hydrogens is 240 g/mol. The second kappa shape index (κ2) is 16.0. The summed E-state index contributed by atoms with van der Waals surface area (Å²) in [6.07, 6.45) is 0. The first-order valence-electron chi connectivity index (χ1n) is 1.32. The van der Waals surface area contributed by atoms with Crippen molar-refractivity contribution in [3.8, 4) is 0 Å². The Morgan fingerprint density at radius 1 is 1.67 bits per heavy atom. The molecule has 0 saturated heterocycles. The fourth-order valence-corrected chi connectivity index (χ4v) is 0.171. The van der Waals surface area contributed by atoms with Crippen LogP contribution in [0.1, 0.15) is 0 Å². The maximum atomic E-state index is 9.45. The topological polar surface area (TPSA) is 80.8 Å². The van der Waals surface area contributed by atoms with Gasteiger partial charge in [0.25, 0.3) is 0 Å². The van der Waals surface area contributed by atoms with Crippen molar-refractivity contribution in [1.82, 2.24) is 4.84 Å². The molecule has 0 spiro atoms. The third-order valence-corrected chi connectivity index (χ3v) is 0.352. The van der Waals surface area contributed by atoms with Gasteiger partial charge < -0.3 is 10.6 Å². The average Bonchev–Trinajstić information content (AvgIpc) is 1.35. The molecule has 0 atom stereocenters. The van der Waals surface area contributed by atoms with E-state index in [2.05, 4.69) is 0 Å². The van der Waals surface area contributed by atoms with Gasteiger partial charge in [-0.3, -0.25) is 4.79 Å². The molecule has 0 aromatic rings. The molecule has 0 rings (SSSR count). The Labute approximate surface area is 87.6 Å². The van der Waals surface area contributed by atoms with E-state index in [1.165, 1.54) is 0 Å². The Balaban J connectivity index is -0.0000000417. The SMILES string of the molecule is O.O=C(O)CNCl.[Al].[Zr].